The number of hydrogen-bond donors (Lipinski definition) is 4. The Morgan fingerprint density at radius 3 is 2.65 bits per heavy atom. The number of nitrogen functional groups attached to an aromatic ring is 1. The molecule has 0 saturated heterocycles. The van der Waals surface area contributed by atoms with Gasteiger partial charge in [-0.15, -0.1) is 0 Å². The molecule has 2 aromatic heterocycles. The summed E-state index contributed by atoms with van der Waals surface area (Å²) in [5.74, 6) is 0.335. The molecule has 8 heteroatoms. The number of imidazole rings is 1. The van der Waals surface area contributed by atoms with E-state index < -0.39 is 0 Å². The van der Waals surface area contributed by atoms with Crippen molar-refractivity contribution < 1.29 is 9.53 Å². The van der Waals surface area contributed by atoms with Crippen molar-refractivity contribution in [3.05, 3.63) is 83.3 Å². The number of fused-ring (bicyclic) bond motifs is 1. The number of methoxy groups -OCH3 is 1. The number of ether oxygens (including phenoxy) is 1. The Morgan fingerprint density at radius 1 is 1.19 bits per heavy atom. The van der Waals surface area contributed by atoms with E-state index in [2.05, 4.69) is 20.3 Å². The molecule has 1 atom stereocenters. The van der Waals surface area contributed by atoms with E-state index in [0.717, 1.165) is 5.56 Å². The number of aromatic amines is 1. The van der Waals surface area contributed by atoms with Crippen LogP contribution in [0.15, 0.2) is 60.8 Å². The van der Waals surface area contributed by atoms with Crippen molar-refractivity contribution in [3.63, 3.8) is 0 Å². The number of nitrogens with one attached hydrogen (secondary N) is 3. The summed E-state index contributed by atoms with van der Waals surface area (Å²) in [4.78, 5) is 24.2. The smallest absolute Gasteiger partial charge is 0.287 e. The van der Waals surface area contributed by atoms with Crippen molar-refractivity contribution in [2.45, 2.75) is 13.0 Å². The number of hydrogen-bond acceptors (Lipinski definition) is 6. The molecule has 0 saturated carbocycles. The Kier molecular flexibility index (Phi) is 5.36. The van der Waals surface area contributed by atoms with E-state index in [-0.39, 0.29) is 23.5 Å². The van der Waals surface area contributed by atoms with Crippen molar-refractivity contribution in [3.8, 4) is 5.88 Å². The third-order valence-corrected chi connectivity index (χ3v) is 5.02. The summed E-state index contributed by atoms with van der Waals surface area (Å²) < 4.78 is 5.06. The number of aromatic nitrogens is 3. The first-order valence-electron chi connectivity index (χ1n) is 9.70. The first-order valence-corrected chi connectivity index (χ1v) is 9.70. The van der Waals surface area contributed by atoms with Gasteiger partial charge >= 0.3 is 0 Å². The van der Waals surface area contributed by atoms with Crippen LogP contribution in [0, 0.1) is 5.41 Å². The number of amides is 1. The Hall–Kier alpha value is -4.20. The zero-order valence-corrected chi connectivity index (χ0v) is 17.1. The van der Waals surface area contributed by atoms with Crippen molar-refractivity contribution in [1.29, 1.82) is 5.41 Å². The predicted molar refractivity (Wildman–Crippen MR) is 120 cm³/mol. The third kappa shape index (κ3) is 4.09. The number of H-pyrrole nitrogens is 1. The molecule has 2 aromatic carbocycles. The molecule has 0 radical (unpaired) electrons. The Bertz CT molecular complexity index is 1250. The van der Waals surface area contributed by atoms with Crippen LogP contribution in [0.3, 0.4) is 0 Å². The molecule has 5 N–H and O–H groups in total. The fourth-order valence-electron chi connectivity index (χ4n) is 3.29. The Balaban J connectivity index is 1.59. The second-order valence-electron chi connectivity index (χ2n) is 7.11. The average Bonchev–Trinajstić information content (AvgIpc) is 3.21. The van der Waals surface area contributed by atoms with Gasteiger partial charge in [0.15, 0.2) is 5.82 Å². The zero-order chi connectivity index (χ0) is 22.0. The largest absolute Gasteiger partial charge is 0.481 e. The van der Waals surface area contributed by atoms with Gasteiger partial charge in [0, 0.05) is 29.1 Å². The number of anilines is 1. The molecule has 0 bridgehead atoms. The van der Waals surface area contributed by atoms with Gasteiger partial charge < -0.3 is 20.8 Å². The molecule has 1 amide bonds. The molecule has 0 spiro atoms. The number of nitrogens with zero attached hydrogens (tertiary/aromatic N) is 2. The topological polar surface area (TPSA) is 130 Å². The van der Waals surface area contributed by atoms with Gasteiger partial charge in [-0.05, 0) is 30.7 Å². The highest BCUT2D eigenvalue weighted by molar-refractivity contribution is 6.15. The molecule has 156 valence electrons. The van der Waals surface area contributed by atoms with Gasteiger partial charge in [-0.3, -0.25) is 10.2 Å². The summed E-state index contributed by atoms with van der Waals surface area (Å²) in [6.45, 7) is 1.91. The Labute approximate surface area is 179 Å². The molecule has 0 aliphatic heterocycles. The van der Waals surface area contributed by atoms with Crippen LogP contribution in [0.4, 0.5) is 5.69 Å². The van der Waals surface area contributed by atoms with E-state index in [1.54, 1.807) is 30.5 Å². The number of rotatable bonds is 6. The first-order chi connectivity index (χ1) is 15.0. The number of carbonyl (C=O) groups excluding carboxylic acids is 1. The molecule has 0 fully saturated rings. The molecule has 8 nitrogen and oxygen atoms in total. The van der Waals surface area contributed by atoms with Crippen LogP contribution in [0.2, 0.25) is 0 Å². The molecule has 31 heavy (non-hydrogen) atoms. The number of carbonyl (C=O) groups is 1. The minimum absolute atomic E-state index is 0.168. The summed E-state index contributed by atoms with van der Waals surface area (Å²) in [7, 11) is 1.53. The highest BCUT2D eigenvalue weighted by Crippen LogP contribution is 2.24. The van der Waals surface area contributed by atoms with Gasteiger partial charge in [-0.25, -0.2) is 9.97 Å². The fraction of sp³-hybridized carbons (Fsp3) is 0.130. The molecule has 4 aromatic rings. The van der Waals surface area contributed by atoms with E-state index in [0.29, 0.717) is 33.7 Å². The van der Waals surface area contributed by atoms with E-state index in [9.17, 15) is 4.79 Å². The summed E-state index contributed by atoms with van der Waals surface area (Å²) in [5, 5.41) is 11.5. The van der Waals surface area contributed by atoms with E-state index in [1.807, 2.05) is 37.3 Å². The van der Waals surface area contributed by atoms with Gasteiger partial charge in [0.25, 0.3) is 5.91 Å². The summed E-state index contributed by atoms with van der Waals surface area (Å²) in [5.41, 5.74) is 10.1. The normalized spacial score (nSPS) is 11.8. The van der Waals surface area contributed by atoms with Crippen molar-refractivity contribution in [1.82, 2.24) is 20.3 Å². The van der Waals surface area contributed by atoms with Crippen molar-refractivity contribution in [2.75, 3.05) is 12.8 Å². The third-order valence-electron chi connectivity index (χ3n) is 5.02. The van der Waals surface area contributed by atoms with Crippen LogP contribution in [0.1, 0.15) is 40.3 Å². The molecule has 2 heterocycles. The molecular weight excluding hydrogens is 392 g/mol. The minimum atomic E-state index is -0.317. The number of benzene rings is 2. The number of pyridine rings is 1. The Morgan fingerprint density at radius 2 is 1.97 bits per heavy atom. The highest BCUT2D eigenvalue weighted by Gasteiger charge is 2.17. The van der Waals surface area contributed by atoms with E-state index in [4.69, 9.17) is 15.9 Å². The zero-order valence-electron chi connectivity index (χ0n) is 17.1. The van der Waals surface area contributed by atoms with Gasteiger partial charge in [0.05, 0.1) is 29.9 Å². The molecule has 1 unspecified atom stereocenters. The highest BCUT2D eigenvalue weighted by atomic mass is 16.5. The monoisotopic (exact) mass is 414 g/mol. The minimum Gasteiger partial charge on any atom is -0.481 e. The van der Waals surface area contributed by atoms with Crippen LogP contribution in [0.5, 0.6) is 5.88 Å². The second kappa shape index (κ2) is 8.27. The SMILES string of the molecule is COc1ccc(C(=N)c2cc3nc(C(=O)NC(C)c4ccccc4)[nH]c3cc2N)cn1. The lowest BCUT2D eigenvalue weighted by Crippen LogP contribution is -2.27. The van der Waals surface area contributed by atoms with Crippen LogP contribution in [0.25, 0.3) is 11.0 Å². The maximum Gasteiger partial charge on any atom is 0.287 e. The summed E-state index contributed by atoms with van der Waals surface area (Å²) >= 11 is 0. The standard InChI is InChI=1S/C23H22N6O2/c1-13(14-6-4-3-5-7-14)27-23(30)22-28-18-10-16(17(24)11-19(18)29-22)21(25)15-8-9-20(31-2)26-12-15/h3-13,25H,24H2,1-2H3,(H,27,30)(H,28,29). The van der Waals surface area contributed by atoms with Crippen LogP contribution < -0.4 is 15.8 Å². The maximum atomic E-state index is 12.7. The fourth-order valence-corrected chi connectivity index (χ4v) is 3.29. The molecular formula is C23H22N6O2. The lowest BCUT2D eigenvalue weighted by Gasteiger charge is -2.12. The van der Waals surface area contributed by atoms with Crippen molar-refractivity contribution in [2.24, 2.45) is 0 Å². The van der Waals surface area contributed by atoms with E-state index in [1.165, 1.54) is 7.11 Å². The van der Waals surface area contributed by atoms with Gasteiger partial charge in [-0.1, -0.05) is 30.3 Å². The lowest BCUT2D eigenvalue weighted by molar-refractivity contribution is 0.0930. The van der Waals surface area contributed by atoms with Crippen LogP contribution in [-0.2, 0) is 0 Å². The quantitative estimate of drug-likeness (QED) is 0.284. The summed E-state index contributed by atoms with van der Waals surface area (Å²) in [6, 6.07) is 16.3. The maximum absolute atomic E-state index is 12.7. The van der Waals surface area contributed by atoms with Gasteiger partial charge in [0.2, 0.25) is 5.88 Å². The second-order valence-corrected chi connectivity index (χ2v) is 7.11. The van der Waals surface area contributed by atoms with Gasteiger partial charge in [0.1, 0.15) is 0 Å². The lowest BCUT2D eigenvalue weighted by atomic mass is 10.0. The molecule has 0 aliphatic carbocycles. The average molecular weight is 414 g/mol. The predicted octanol–water partition coefficient (Wildman–Crippen LogP) is 3.46. The van der Waals surface area contributed by atoms with Crippen LogP contribution in [-0.4, -0.2) is 33.7 Å². The molecule has 4 rings (SSSR count). The van der Waals surface area contributed by atoms with Gasteiger partial charge in [-0.2, -0.15) is 0 Å². The first kappa shape index (κ1) is 20.1. The van der Waals surface area contributed by atoms with Crippen molar-refractivity contribution >= 4 is 28.3 Å². The summed E-state index contributed by atoms with van der Waals surface area (Å²) in [6.07, 6.45) is 1.55. The van der Waals surface area contributed by atoms with Crippen LogP contribution >= 0.6 is 0 Å². The number of nitrogens with two attached hydrogens (primary N) is 1. The van der Waals surface area contributed by atoms with E-state index >= 15 is 0 Å². The molecule has 0 aliphatic rings.